The number of hydrogen-bond acceptors (Lipinski definition) is 6. The van der Waals surface area contributed by atoms with Crippen molar-refractivity contribution in [1.82, 2.24) is 5.01 Å². The number of nitrogens with zero attached hydrogens (tertiary/aromatic N) is 2. The van der Waals surface area contributed by atoms with E-state index in [1.807, 2.05) is 72.8 Å². The molecule has 7 heteroatoms. The third-order valence-electron chi connectivity index (χ3n) is 6.19. The van der Waals surface area contributed by atoms with Crippen molar-refractivity contribution >= 4 is 17.3 Å². The van der Waals surface area contributed by atoms with E-state index in [0.717, 1.165) is 11.1 Å². The van der Waals surface area contributed by atoms with Crippen LogP contribution >= 0.6 is 0 Å². The molecule has 0 spiro atoms. The van der Waals surface area contributed by atoms with Gasteiger partial charge >= 0.3 is 0 Å². The first-order chi connectivity index (χ1) is 18.0. The van der Waals surface area contributed by atoms with Crippen molar-refractivity contribution < 1.29 is 19.4 Å². The maximum Gasteiger partial charge on any atom is 0.278 e. The van der Waals surface area contributed by atoms with E-state index in [1.165, 1.54) is 5.01 Å². The largest absolute Gasteiger partial charge is 0.507 e. The van der Waals surface area contributed by atoms with Crippen molar-refractivity contribution in [3.05, 3.63) is 119 Å². The lowest BCUT2D eigenvalue weighted by molar-refractivity contribution is 0.0689. The molecule has 1 heterocycles. The number of anilines is 1. The van der Waals surface area contributed by atoms with Crippen molar-refractivity contribution in [2.75, 3.05) is 12.4 Å². The minimum Gasteiger partial charge on any atom is -0.507 e. The van der Waals surface area contributed by atoms with Gasteiger partial charge in [0.05, 0.1) is 18.4 Å². The molecule has 0 aromatic heterocycles. The Labute approximate surface area is 215 Å². The number of amides is 1. The highest BCUT2D eigenvalue weighted by Crippen LogP contribution is 2.37. The number of aromatic hydroxyl groups is 1. The van der Waals surface area contributed by atoms with E-state index in [-0.39, 0.29) is 11.7 Å². The Morgan fingerprint density at radius 3 is 2.46 bits per heavy atom. The number of hydrogen-bond donors (Lipinski definition) is 2. The lowest BCUT2D eigenvalue weighted by Gasteiger charge is -2.35. The summed E-state index contributed by atoms with van der Waals surface area (Å²) in [5.74, 6) is 0.984. The van der Waals surface area contributed by atoms with E-state index in [2.05, 4.69) is 10.4 Å². The van der Waals surface area contributed by atoms with Crippen LogP contribution in [0.25, 0.3) is 0 Å². The highest BCUT2D eigenvalue weighted by atomic mass is 16.5. The zero-order valence-corrected chi connectivity index (χ0v) is 20.6. The fourth-order valence-corrected chi connectivity index (χ4v) is 4.28. The van der Waals surface area contributed by atoms with Crippen LogP contribution in [-0.2, 0) is 6.61 Å². The summed E-state index contributed by atoms with van der Waals surface area (Å²) >= 11 is 0. The first-order valence-electron chi connectivity index (χ1n) is 11.9. The average molecular weight is 494 g/mol. The van der Waals surface area contributed by atoms with Crippen LogP contribution in [0.1, 0.15) is 40.1 Å². The summed E-state index contributed by atoms with van der Waals surface area (Å²) in [6.45, 7) is 2.17. The normalized spacial score (nSPS) is 15.1. The van der Waals surface area contributed by atoms with Crippen molar-refractivity contribution in [2.24, 2.45) is 5.10 Å². The molecule has 0 unspecified atom stereocenters. The fourth-order valence-electron chi connectivity index (χ4n) is 4.28. The molecule has 0 saturated carbocycles. The second-order valence-electron chi connectivity index (χ2n) is 8.63. The van der Waals surface area contributed by atoms with Crippen molar-refractivity contribution in [3.8, 4) is 17.2 Å². The van der Waals surface area contributed by atoms with Crippen LogP contribution in [0.5, 0.6) is 17.2 Å². The van der Waals surface area contributed by atoms with Gasteiger partial charge in [-0.15, -0.1) is 0 Å². The van der Waals surface area contributed by atoms with Crippen LogP contribution in [0.4, 0.5) is 5.69 Å². The maximum atomic E-state index is 13.6. The second-order valence-corrected chi connectivity index (χ2v) is 8.63. The predicted octanol–water partition coefficient (Wildman–Crippen LogP) is 5.97. The van der Waals surface area contributed by atoms with Crippen LogP contribution in [0.3, 0.4) is 0 Å². The Morgan fingerprint density at radius 2 is 1.68 bits per heavy atom. The van der Waals surface area contributed by atoms with E-state index in [0.29, 0.717) is 40.6 Å². The van der Waals surface area contributed by atoms with Gasteiger partial charge in [0.2, 0.25) is 0 Å². The van der Waals surface area contributed by atoms with Crippen LogP contribution in [0, 0.1) is 0 Å². The molecular weight excluding hydrogens is 466 g/mol. The summed E-state index contributed by atoms with van der Waals surface area (Å²) in [4.78, 5) is 13.6. The van der Waals surface area contributed by atoms with Gasteiger partial charge in [0.15, 0.2) is 17.7 Å². The van der Waals surface area contributed by atoms with E-state index in [4.69, 9.17) is 9.47 Å². The molecule has 1 aliphatic rings. The number of hydrazone groups is 1. The number of ether oxygens (including phenoxy) is 2. The number of rotatable bonds is 7. The summed E-state index contributed by atoms with van der Waals surface area (Å²) in [6, 6.07) is 29.7. The first kappa shape index (κ1) is 23.9. The van der Waals surface area contributed by atoms with Gasteiger partial charge in [0.1, 0.15) is 12.4 Å². The summed E-state index contributed by atoms with van der Waals surface area (Å²) in [5, 5.41) is 19.8. The Kier molecular flexibility index (Phi) is 6.76. The Hall–Kier alpha value is -4.78. The molecule has 2 N–H and O–H groups in total. The molecule has 186 valence electrons. The zero-order chi connectivity index (χ0) is 25.8. The minimum atomic E-state index is -0.611. The van der Waals surface area contributed by atoms with Gasteiger partial charge in [-0.2, -0.15) is 5.10 Å². The summed E-state index contributed by atoms with van der Waals surface area (Å²) in [5.41, 5.74) is 4.10. The van der Waals surface area contributed by atoms with Crippen LogP contribution < -0.4 is 14.8 Å². The van der Waals surface area contributed by atoms with Crippen LogP contribution in [-0.4, -0.2) is 28.8 Å². The van der Waals surface area contributed by atoms with Crippen molar-refractivity contribution in [1.29, 1.82) is 0 Å². The number of nitrogens with one attached hydrogen (secondary N) is 1. The molecule has 1 amide bonds. The van der Waals surface area contributed by atoms with E-state index in [9.17, 15) is 9.90 Å². The van der Waals surface area contributed by atoms with Gasteiger partial charge in [0.25, 0.3) is 5.91 Å². The smallest absolute Gasteiger partial charge is 0.278 e. The van der Waals surface area contributed by atoms with E-state index in [1.54, 1.807) is 38.3 Å². The maximum absolute atomic E-state index is 13.6. The molecule has 0 saturated heterocycles. The second kappa shape index (κ2) is 10.5. The van der Waals surface area contributed by atoms with Crippen LogP contribution in [0.15, 0.2) is 102 Å². The molecule has 0 aliphatic carbocycles. The molecule has 7 nitrogen and oxygen atoms in total. The van der Waals surface area contributed by atoms with Gasteiger partial charge in [-0.1, -0.05) is 60.7 Å². The standard InChI is InChI=1S/C30H27N3O4/c1-20(23-12-7-9-15-26(23)34)32-33-29(31-25-14-8-6-13-24(25)30(33)35)22-16-17-27(28(18-22)36-2)37-19-21-10-4-3-5-11-21/h3-18,29,31,34H,19H2,1-2H3/b32-20-/t29-/m1/s1. The van der Waals surface area contributed by atoms with Gasteiger partial charge in [0, 0.05) is 16.8 Å². The molecule has 5 rings (SSSR count). The van der Waals surface area contributed by atoms with Crippen molar-refractivity contribution in [2.45, 2.75) is 19.7 Å². The third kappa shape index (κ3) is 4.97. The number of methoxy groups -OCH3 is 1. The summed E-state index contributed by atoms with van der Waals surface area (Å²) in [7, 11) is 1.58. The number of carbonyl (C=O) groups excluding carboxylic acids is 1. The van der Waals surface area contributed by atoms with E-state index >= 15 is 0 Å². The Morgan fingerprint density at radius 1 is 0.946 bits per heavy atom. The molecule has 37 heavy (non-hydrogen) atoms. The third-order valence-corrected chi connectivity index (χ3v) is 6.19. The molecule has 0 radical (unpaired) electrons. The van der Waals surface area contributed by atoms with Crippen LogP contribution in [0.2, 0.25) is 0 Å². The Balaban J connectivity index is 1.51. The molecular formula is C30H27N3O4. The molecule has 4 aromatic carbocycles. The molecule has 1 aliphatic heterocycles. The minimum absolute atomic E-state index is 0.0969. The topological polar surface area (TPSA) is 83.4 Å². The molecule has 1 atom stereocenters. The lowest BCUT2D eigenvalue weighted by Crippen LogP contribution is -2.40. The number of fused-ring (bicyclic) bond motifs is 1. The molecule has 0 fully saturated rings. The number of phenols is 1. The highest BCUT2D eigenvalue weighted by Gasteiger charge is 2.34. The molecule has 4 aromatic rings. The van der Waals surface area contributed by atoms with E-state index < -0.39 is 6.17 Å². The van der Waals surface area contributed by atoms with Gasteiger partial charge in [-0.05, 0) is 48.9 Å². The number of benzene rings is 4. The molecule has 0 bridgehead atoms. The predicted molar refractivity (Wildman–Crippen MR) is 143 cm³/mol. The SMILES string of the molecule is COc1cc([C@@H]2Nc3ccccc3C(=O)N2/N=C(/C)c2ccccc2O)ccc1OCc1ccccc1. The number of para-hydroxylation sites is 2. The van der Waals surface area contributed by atoms with Gasteiger partial charge < -0.3 is 19.9 Å². The number of phenolic OH excluding ortho intramolecular Hbond substituents is 1. The summed E-state index contributed by atoms with van der Waals surface area (Å²) in [6.07, 6.45) is -0.611. The highest BCUT2D eigenvalue weighted by molar-refractivity contribution is 6.05. The zero-order valence-electron chi connectivity index (χ0n) is 20.6. The number of carbonyl (C=O) groups is 1. The van der Waals surface area contributed by atoms with Crippen molar-refractivity contribution in [3.63, 3.8) is 0 Å². The first-order valence-corrected chi connectivity index (χ1v) is 11.9. The summed E-state index contributed by atoms with van der Waals surface area (Å²) < 4.78 is 11.7. The fraction of sp³-hybridized carbons (Fsp3) is 0.133. The quantitative estimate of drug-likeness (QED) is 0.310. The Bertz CT molecular complexity index is 1450. The lowest BCUT2D eigenvalue weighted by atomic mass is 10.0. The van der Waals surface area contributed by atoms with Gasteiger partial charge in [-0.25, -0.2) is 5.01 Å². The monoisotopic (exact) mass is 493 g/mol. The average Bonchev–Trinajstić information content (AvgIpc) is 2.94. The van der Waals surface area contributed by atoms with Gasteiger partial charge in [-0.3, -0.25) is 4.79 Å².